The van der Waals surface area contributed by atoms with Crippen molar-refractivity contribution in [2.24, 2.45) is 5.92 Å². The van der Waals surface area contributed by atoms with Crippen molar-refractivity contribution < 1.29 is 5.11 Å². The van der Waals surface area contributed by atoms with E-state index in [1.54, 1.807) is 0 Å². The molecule has 1 nitrogen and oxygen atoms in total. The van der Waals surface area contributed by atoms with Gasteiger partial charge in [0.25, 0.3) is 0 Å². The summed E-state index contributed by atoms with van der Waals surface area (Å²) in [5, 5.41) is 9.42. The third-order valence-electron chi connectivity index (χ3n) is 2.45. The molecule has 0 spiro atoms. The van der Waals surface area contributed by atoms with Gasteiger partial charge in [0, 0.05) is 0 Å². The fourth-order valence-corrected chi connectivity index (χ4v) is 1.50. The number of hydrogen-bond acceptors (Lipinski definition) is 1. The van der Waals surface area contributed by atoms with Crippen LogP contribution < -0.4 is 0 Å². The minimum absolute atomic E-state index is 0.0974. The van der Waals surface area contributed by atoms with Gasteiger partial charge in [-0.05, 0) is 38.5 Å². The van der Waals surface area contributed by atoms with Crippen LogP contribution in [0.15, 0.2) is 12.2 Å². The highest BCUT2D eigenvalue weighted by atomic mass is 16.3. The Hall–Kier alpha value is -0.300. The molecule has 13 heavy (non-hydrogen) atoms. The monoisotopic (exact) mass is 184 g/mol. The molecule has 0 unspecified atom stereocenters. The summed E-state index contributed by atoms with van der Waals surface area (Å²) >= 11 is 0. The Kier molecular flexibility index (Phi) is 6.97. The molecule has 1 N–H and O–H groups in total. The van der Waals surface area contributed by atoms with Crippen LogP contribution in [0.4, 0.5) is 0 Å². The van der Waals surface area contributed by atoms with Gasteiger partial charge in [0.2, 0.25) is 0 Å². The van der Waals surface area contributed by atoms with Crippen molar-refractivity contribution in [3.63, 3.8) is 0 Å². The summed E-state index contributed by atoms with van der Waals surface area (Å²) in [7, 11) is 0. The van der Waals surface area contributed by atoms with Gasteiger partial charge >= 0.3 is 0 Å². The van der Waals surface area contributed by atoms with E-state index < -0.39 is 0 Å². The molecular weight excluding hydrogens is 160 g/mol. The van der Waals surface area contributed by atoms with Crippen LogP contribution in [0.5, 0.6) is 0 Å². The second-order valence-electron chi connectivity index (χ2n) is 4.25. The summed E-state index contributed by atoms with van der Waals surface area (Å²) in [5.41, 5.74) is 1.27. The Morgan fingerprint density at radius 2 is 2.08 bits per heavy atom. The molecule has 0 aliphatic carbocycles. The molecule has 0 aromatic carbocycles. The predicted octanol–water partition coefficient (Wildman–Crippen LogP) is 3.53. The van der Waals surface area contributed by atoms with Gasteiger partial charge in [0.15, 0.2) is 0 Å². The number of rotatable bonds is 7. The molecule has 0 rings (SSSR count). The lowest BCUT2D eigenvalue weighted by atomic mass is 9.95. The van der Waals surface area contributed by atoms with E-state index in [1.165, 1.54) is 18.4 Å². The van der Waals surface area contributed by atoms with Crippen molar-refractivity contribution in [1.29, 1.82) is 0 Å². The molecule has 0 saturated carbocycles. The topological polar surface area (TPSA) is 20.2 Å². The van der Waals surface area contributed by atoms with Crippen molar-refractivity contribution in [3.05, 3.63) is 12.2 Å². The summed E-state index contributed by atoms with van der Waals surface area (Å²) in [6.07, 6.45) is 5.29. The smallest absolute Gasteiger partial charge is 0.0540 e. The van der Waals surface area contributed by atoms with Crippen LogP contribution in [0.3, 0.4) is 0 Å². The van der Waals surface area contributed by atoms with Crippen molar-refractivity contribution >= 4 is 0 Å². The van der Waals surface area contributed by atoms with Crippen LogP contribution in [-0.2, 0) is 0 Å². The van der Waals surface area contributed by atoms with Crippen LogP contribution in [0, 0.1) is 5.92 Å². The molecule has 0 aromatic heterocycles. The fourth-order valence-electron chi connectivity index (χ4n) is 1.50. The Morgan fingerprint density at radius 1 is 1.46 bits per heavy atom. The summed E-state index contributed by atoms with van der Waals surface area (Å²) in [6.45, 7) is 10.2. The Bertz CT molecular complexity index is 140. The van der Waals surface area contributed by atoms with E-state index in [9.17, 15) is 5.11 Å². The summed E-state index contributed by atoms with van der Waals surface area (Å²) < 4.78 is 0. The first-order valence-electron chi connectivity index (χ1n) is 5.38. The summed E-state index contributed by atoms with van der Waals surface area (Å²) in [4.78, 5) is 0. The lowest BCUT2D eigenvalue weighted by Gasteiger charge is -2.14. The highest BCUT2D eigenvalue weighted by molar-refractivity contribution is 4.87. The first kappa shape index (κ1) is 12.7. The summed E-state index contributed by atoms with van der Waals surface area (Å²) in [6, 6.07) is 0. The van der Waals surface area contributed by atoms with Gasteiger partial charge in [-0.1, -0.05) is 25.8 Å². The van der Waals surface area contributed by atoms with Gasteiger partial charge in [0.05, 0.1) is 6.10 Å². The first-order chi connectivity index (χ1) is 6.06. The molecular formula is C12H24O. The number of hydrogen-bond donors (Lipinski definition) is 1. The highest BCUT2D eigenvalue weighted by Gasteiger charge is 2.07. The molecule has 2 atom stereocenters. The van der Waals surface area contributed by atoms with E-state index in [1.807, 2.05) is 6.92 Å². The normalized spacial score (nSPS) is 15.4. The Balaban J connectivity index is 3.39. The molecule has 0 aromatic rings. The quantitative estimate of drug-likeness (QED) is 0.600. The summed E-state index contributed by atoms with van der Waals surface area (Å²) in [5.74, 6) is 0.647. The van der Waals surface area contributed by atoms with Crippen molar-refractivity contribution in [2.75, 3.05) is 0 Å². The molecule has 0 heterocycles. The number of aliphatic hydroxyl groups is 1. The Morgan fingerprint density at radius 3 is 2.54 bits per heavy atom. The van der Waals surface area contributed by atoms with E-state index >= 15 is 0 Å². The predicted molar refractivity (Wildman–Crippen MR) is 58.7 cm³/mol. The fraction of sp³-hybridized carbons (Fsp3) is 0.833. The van der Waals surface area contributed by atoms with E-state index in [4.69, 9.17) is 0 Å². The molecule has 0 aliphatic heterocycles. The average molecular weight is 184 g/mol. The van der Waals surface area contributed by atoms with E-state index in [0.29, 0.717) is 5.92 Å². The van der Waals surface area contributed by atoms with Crippen LogP contribution in [0.25, 0.3) is 0 Å². The van der Waals surface area contributed by atoms with Gasteiger partial charge < -0.3 is 5.11 Å². The lowest BCUT2D eigenvalue weighted by molar-refractivity contribution is 0.139. The SMILES string of the molecule is C=C(C)CCC[C@@H](C)C[C@H](O)CC. The third-order valence-corrected chi connectivity index (χ3v) is 2.45. The van der Waals surface area contributed by atoms with Gasteiger partial charge in [0.1, 0.15) is 0 Å². The van der Waals surface area contributed by atoms with Crippen LogP contribution in [-0.4, -0.2) is 11.2 Å². The maximum Gasteiger partial charge on any atom is 0.0540 e. The van der Waals surface area contributed by atoms with E-state index in [0.717, 1.165) is 19.3 Å². The second-order valence-corrected chi connectivity index (χ2v) is 4.25. The van der Waals surface area contributed by atoms with Gasteiger partial charge in [-0.15, -0.1) is 6.58 Å². The van der Waals surface area contributed by atoms with Crippen LogP contribution in [0.1, 0.15) is 52.9 Å². The zero-order valence-corrected chi connectivity index (χ0v) is 9.34. The van der Waals surface area contributed by atoms with Crippen molar-refractivity contribution in [3.8, 4) is 0 Å². The number of allylic oxidation sites excluding steroid dienone is 1. The minimum atomic E-state index is -0.0974. The van der Waals surface area contributed by atoms with E-state index in [-0.39, 0.29) is 6.10 Å². The molecule has 0 aliphatic rings. The zero-order valence-electron chi connectivity index (χ0n) is 9.34. The third kappa shape index (κ3) is 8.04. The average Bonchev–Trinajstić information content (AvgIpc) is 2.03. The van der Waals surface area contributed by atoms with Gasteiger partial charge in [-0.3, -0.25) is 0 Å². The largest absolute Gasteiger partial charge is 0.393 e. The zero-order chi connectivity index (χ0) is 10.3. The molecule has 0 radical (unpaired) electrons. The molecule has 0 amide bonds. The molecule has 0 saturated heterocycles. The molecule has 0 bridgehead atoms. The highest BCUT2D eigenvalue weighted by Crippen LogP contribution is 2.16. The van der Waals surface area contributed by atoms with Gasteiger partial charge in [-0.2, -0.15) is 0 Å². The lowest BCUT2D eigenvalue weighted by Crippen LogP contribution is -2.10. The van der Waals surface area contributed by atoms with Crippen LogP contribution >= 0.6 is 0 Å². The molecule has 0 fully saturated rings. The van der Waals surface area contributed by atoms with Crippen molar-refractivity contribution in [2.45, 2.75) is 59.0 Å². The first-order valence-corrected chi connectivity index (χ1v) is 5.38. The molecule has 1 heteroatoms. The standard InChI is InChI=1S/C12H24O/c1-5-12(13)9-11(4)8-6-7-10(2)3/h11-13H,2,5-9H2,1,3-4H3/t11-,12-/m1/s1. The maximum absolute atomic E-state index is 9.42. The van der Waals surface area contributed by atoms with Crippen LogP contribution in [0.2, 0.25) is 0 Å². The van der Waals surface area contributed by atoms with Crippen molar-refractivity contribution in [1.82, 2.24) is 0 Å². The van der Waals surface area contributed by atoms with Gasteiger partial charge in [-0.25, -0.2) is 0 Å². The Labute approximate surface area is 82.9 Å². The minimum Gasteiger partial charge on any atom is -0.393 e. The second kappa shape index (κ2) is 7.14. The molecule has 78 valence electrons. The number of aliphatic hydroxyl groups excluding tert-OH is 1. The maximum atomic E-state index is 9.42. The van der Waals surface area contributed by atoms with E-state index in [2.05, 4.69) is 20.4 Å².